The van der Waals surface area contributed by atoms with Crippen LogP contribution in [0.25, 0.3) is 0 Å². The fourth-order valence-corrected chi connectivity index (χ4v) is 7.35. The van der Waals surface area contributed by atoms with E-state index in [4.69, 9.17) is 0 Å². The topological polar surface area (TPSA) is 17.1 Å². The van der Waals surface area contributed by atoms with Gasteiger partial charge in [-0.05, 0) is 93.0 Å². The zero-order chi connectivity index (χ0) is 18.2. The maximum absolute atomic E-state index is 12.0. The monoisotopic (exact) mass is 342 g/mol. The van der Waals surface area contributed by atoms with E-state index >= 15 is 0 Å². The number of hydrogen-bond donors (Lipinski definition) is 0. The molecule has 3 fully saturated rings. The molecule has 0 heterocycles. The highest BCUT2D eigenvalue weighted by molar-refractivity contribution is 5.91. The maximum Gasteiger partial charge on any atom is 0.155 e. The second-order valence-electron chi connectivity index (χ2n) is 8.87. The Morgan fingerprint density at radius 2 is 1.84 bits per heavy atom. The third-order valence-electron chi connectivity index (χ3n) is 8.51. The van der Waals surface area contributed by atoms with E-state index in [0.717, 1.165) is 30.6 Å². The number of hydrogen-bond acceptors (Lipinski definition) is 1. The maximum atomic E-state index is 12.0. The Hall–Kier alpha value is -0.850. The van der Waals surface area contributed by atoms with Gasteiger partial charge in [-0.3, -0.25) is 4.79 Å². The van der Waals surface area contributed by atoms with Gasteiger partial charge in [0.2, 0.25) is 0 Å². The van der Waals surface area contributed by atoms with Crippen molar-refractivity contribution in [3.63, 3.8) is 0 Å². The summed E-state index contributed by atoms with van der Waals surface area (Å²) in [4.78, 5) is 12.0. The molecule has 4 rings (SSSR count). The van der Waals surface area contributed by atoms with E-state index < -0.39 is 0 Å². The van der Waals surface area contributed by atoms with Crippen molar-refractivity contribution < 1.29 is 4.79 Å². The van der Waals surface area contributed by atoms with E-state index in [1.165, 1.54) is 50.5 Å². The van der Waals surface area contributed by atoms with Gasteiger partial charge >= 0.3 is 0 Å². The van der Waals surface area contributed by atoms with E-state index in [2.05, 4.69) is 32.9 Å². The lowest BCUT2D eigenvalue weighted by atomic mass is 9.46. The molecule has 0 aliphatic heterocycles. The zero-order valence-electron chi connectivity index (χ0n) is 17.2. The first-order chi connectivity index (χ1) is 12.0. The SMILES string of the molecule is C/C=C1/CCC2C3CCC4=CC(=O)CCC4(CC)C3CCC12C.CC. The second kappa shape index (κ2) is 7.05. The first-order valence-corrected chi connectivity index (χ1v) is 10.9. The molecule has 25 heavy (non-hydrogen) atoms. The molecule has 0 radical (unpaired) electrons. The lowest BCUT2D eigenvalue weighted by Crippen LogP contribution is -2.50. The average Bonchev–Trinajstić information content (AvgIpc) is 2.99. The molecule has 3 saturated carbocycles. The summed E-state index contributed by atoms with van der Waals surface area (Å²) in [6.07, 6.45) is 15.7. The molecule has 0 spiro atoms. The van der Waals surface area contributed by atoms with Gasteiger partial charge < -0.3 is 0 Å². The minimum Gasteiger partial charge on any atom is -0.295 e. The third-order valence-corrected chi connectivity index (χ3v) is 8.51. The van der Waals surface area contributed by atoms with Crippen molar-refractivity contribution in [2.75, 3.05) is 0 Å². The molecule has 0 aromatic rings. The molecule has 140 valence electrons. The van der Waals surface area contributed by atoms with Gasteiger partial charge in [-0.15, -0.1) is 0 Å². The summed E-state index contributed by atoms with van der Waals surface area (Å²) < 4.78 is 0. The summed E-state index contributed by atoms with van der Waals surface area (Å²) in [6.45, 7) is 11.2. The van der Waals surface area contributed by atoms with Crippen LogP contribution in [-0.4, -0.2) is 5.78 Å². The van der Waals surface area contributed by atoms with E-state index in [-0.39, 0.29) is 0 Å². The largest absolute Gasteiger partial charge is 0.295 e. The van der Waals surface area contributed by atoms with Crippen LogP contribution < -0.4 is 0 Å². The molecular weight excluding hydrogens is 304 g/mol. The van der Waals surface area contributed by atoms with Crippen molar-refractivity contribution in [3.05, 3.63) is 23.3 Å². The fraction of sp³-hybridized carbons (Fsp3) is 0.792. The molecule has 4 aliphatic carbocycles. The summed E-state index contributed by atoms with van der Waals surface area (Å²) in [5, 5.41) is 0. The smallest absolute Gasteiger partial charge is 0.155 e. The number of rotatable bonds is 1. The first-order valence-electron chi connectivity index (χ1n) is 10.9. The van der Waals surface area contributed by atoms with Crippen LogP contribution in [0.15, 0.2) is 23.3 Å². The average molecular weight is 343 g/mol. The highest BCUT2D eigenvalue weighted by Crippen LogP contribution is 2.67. The van der Waals surface area contributed by atoms with E-state index in [9.17, 15) is 4.79 Å². The van der Waals surface area contributed by atoms with E-state index in [0.29, 0.717) is 16.6 Å². The molecule has 0 bridgehead atoms. The highest BCUT2D eigenvalue weighted by atomic mass is 16.1. The number of allylic oxidation sites excluding steroid dienone is 3. The number of carbonyl (C=O) groups excluding carboxylic acids is 1. The van der Waals surface area contributed by atoms with Crippen LogP contribution in [0.2, 0.25) is 0 Å². The highest BCUT2D eigenvalue weighted by Gasteiger charge is 2.58. The van der Waals surface area contributed by atoms with Crippen molar-refractivity contribution in [1.82, 2.24) is 0 Å². The Bertz CT molecular complexity index is 583. The van der Waals surface area contributed by atoms with Gasteiger partial charge in [-0.2, -0.15) is 0 Å². The van der Waals surface area contributed by atoms with Crippen molar-refractivity contribution in [3.8, 4) is 0 Å². The molecule has 0 aromatic carbocycles. The van der Waals surface area contributed by atoms with Gasteiger partial charge in [-0.1, -0.05) is 44.9 Å². The van der Waals surface area contributed by atoms with Crippen LogP contribution in [-0.2, 0) is 4.79 Å². The van der Waals surface area contributed by atoms with Crippen molar-refractivity contribution in [2.24, 2.45) is 28.6 Å². The van der Waals surface area contributed by atoms with E-state index in [1.54, 1.807) is 5.57 Å². The predicted octanol–water partition coefficient (Wildman–Crippen LogP) is 6.88. The normalized spacial score (nSPS) is 44.2. The summed E-state index contributed by atoms with van der Waals surface area (Å²) in [5.41, 5.74) is 4.13. The lowest BCUT2D eigenvalue weighted by molar-refractivity contribution is -0.117. The second-order valence-corrected chi connectivity index (χ2v) is 8.87. The van der Waals surface area contributed by atoms with Crippen LogP contribution in [0.5, 0.6) is 0 Å². The van der Waals surface area contributed by atoms with Crippen LogP contribution >= 0.6 is 0 Å². The number of fused-ring (bicyclic) bond motifs is 5. The number of ketones is 1. The lowest BCUT2D eigenvalue weighted by Gasteiger charge is -2.58. The summed E-state index contributed by atoms with van der Waals surface area (Å²) >= 11 is 0. The quantitative estimate of drug-likeness (QED) is 0.475. The predicted molar refractivity (Wildman–Crippen MR) is 106 cm³/mol. The molecule has 4 aliphatic rings. The Morgan fingerprint density at radius 3 is 2.52 bits per heavy atom. The minimum atomic E-state index is 0.372. The molecule has 0 amide bonds. The fourth-order valence-electron chi connectivity index (χ4n) is 7.35. The standard InChI is InChI=1S/C22H32O.C2H6/c1-4-15-7-9-19-18-8-6-16-14-17(23)10-13-22(16,5-2)20(18)11-12-21(15,19)3;1-2/h4,14,18-20H,5-13H2,1-3H3;1-2H3/b15-4-;. The minimum absolute atomic E-state index is 0.372. The summed E-state index contributed by atoms with van der Waals surface area (Å²) in [5.74, 6) is 3.03. The molecule has 0 N–H and O–H groups in total. The first kappa shape index (κ1) is 18.9. The molecule has 1 nitrogen and oxygen atoms in total. The molecule has 1 heteroatoms. The Morgan fingerprint density at radius 1 is 1.08 bits per heavy atom. The Balaban J connectivity index is 0.000000880. The van der Waals surface area contributed by atoms with Gasteiger partial charge in [0.1, 0.15) is 0 Å². The molecule has 0 aromatic heterocycles. The van der Waals surface area contributed by atoms with Crippen LogP contribution in [0, 0.1) is 28.6 Å². The van der Waals surface area contributed by atoms with Crippen molar-refractivity contribution in [2.45, 2.75) is 92.4 Å². The van der Waals surface area contributed by atoms with Gasteiger partial charge in [0.15, 0.2) is 5.78 Å². The van der Waals surface area contributed by atoms with Crippen LogP contribution in [0.4, 0.5) is 0 Å². The molecule has 0 saturated heterocycles. The summed E-state index contributed by atoms with van der Waals surface area (Å²) in [7, 11) is 0. The Kier molecular flexibility index (Phi) is 5.33. The van der Waals surface area contributed by atoms with Crippen LogP contribution in [0.3, 0.4) is 0 Å². The van der Waals surface area contributed by atoms with Gasteiger partial charge in [0, 0.05) is 6.42 Å². The van der Waals surface area contributed by atoms with Gasteiger partial charge in [-0.25, -0.2) is 0 Å². The molecule has 5 unspecified atom stereocenters. The zero-order valence-corrected chi connectivity index (χ0v) is 17.2. The third kappa shape index (κ3) is 2.68. The molecule has 5 atom stereocenters. The number of carbonyl (C=O) groups is 1. The van der Waals surface area contributed by atoms with Gasteiger partial charge in [0.05, 0.1) is 0 Å². The van der Waals surface area contributed by atoms with Crippen LogP contribution in [0.1, 0.15) is 92.4 Å². The summed E-state index contributed by atoms with van der Waals surface area (Å²) in [6, 6.07) is 0. The molecular formula is C24H38O. The van der Waals surface area contributed by atoms with Crippen molar-refractivity contribution in [1.29, 1.82) is 0 Å². The van der Waals surface area contributed by atoms with Crippen molar-refractivity contribution >= 4 is 5.78 Å². The Labute approximate surface area is 155 Å². The van der Waals surface area contributed by atoms with Gasteiger partial charge in [0.25, 0.3) is 0 Å². The van der Waals surface area contributed by atoms with E-state index in [1.807, 2.05) is 13.8 Å².